The summed E-state index contributed by atoms with van der Waals surface area (Å²) in [5.74, 6) is -0.418. The Labute approximate surface area is 138 Å². The quantitative estimate of drug-likeness (QED) is 0.847. The molecule has 0 atom stereocenters. The minimum Gasteiger partial charge on any atom is -0.352 e. The summed E-state index contributed by atoms with van der Waals surface area (Å²) in [5, 5.41) is 5.66. The minimum absolute atomic E-state index is 0.213. The van der Waals surface area contributed by atoms with Crippen LogP contribution < -0.4 is 16.2 Å². The van der Waals surface area contributed by atoms with Crippen LogP contribution in [0.5, 0.6) is 0 Å². The van der Waals surface area contributed by atoms with Crippen molar-refractivity contribution < 1.29 is 9.18 Å². The van der Waals surface area contributed by atoms with Crippen LogP contribution in [0, 0.1) is 5.82 Å². The summed E-state index contributed by atoms with van der Waals surface area (Å²) in [7, 11) is 1.55. The van der Waals surface area contributed by atoms with E-state index in [2.05, 4.69) is 17.2 Å². The van der Waals surface area contributed by atoms with Gasteiger partial charge in [-0.2, -0.15) is 0 Å². The summed E-state index contributed by atoms with van der Waals surface area (Å²) in [6.45, 7) is 4.12. The van der Waals surface area contributed by atoms with Gasteiger partial charge in [0.2, 0.25) is 0 Å². The molecule has 0 aliphatic carbocycles. The average Bonchev–Trinajstić information content (AvgIpc) is 2.54. The average molecular weight is 327 g/mol. The number of fused-ring (bicyclic) bond motifs is 1. The van der Waals surface area contributed by atoms with E-state index in [0.717, 1.165) is 5.56 Å². The van der Waals surface area contributed by atoms with Crippen LogP contribution in [0.25, 0.3) is 0 Å². The van der Waals surface area contributed by atoms with Crippen LogP contribution in [-0.4, -0.2) is 17.0 Å². The number of amides is 1. The highest BCUT2D eigenvalue weighted by Gasteiger charge is 2.24. The van der Waals surface area contributed by atoms with Gasteiger partial charge in [0.15, 0.2) is 0 Å². The van der Waals surface area contributed by atoms with E-state index in [0.29, 0.717) is 36.3 Å². The number of carbonyl (C=O) groups is 1. The van der Waals surface area contributed by atoms with Crippen molar-refractivity contribution in [1.29, 1.82) is 0 Å². The zero-order valence-electron chi connectivity index (χ0n) is 13.4. The largest absolute Gasteiger partial charge is 0.352 e. The summed E-state index contributed by atoms with van der Waals surface area (Å²) in [6.07, 6.45) is 2.84. The van der Waals surface area contributed by atoms with Crippen LogP contribution in [0.1, 0.15) is 21.5 Å². The van der Waals surface area contributed by atoms with Crippen molar-refractivity contribution in [3.63, 3.8) is 0 Å². The first-order valence-electron chi connectivity index (χ1n) is 7.68. The molecular weight excluding hydrogens is 309 g/mol. The van der Waals surface area contributed by atoms with Crippen LogP contribution in [0.15, 0.2) is 41.7 Å². The monoisotopic (exact) mass is 327 g/mol. The Morgan fingerprint density at radius 1 is 1.38 bits per heavy atom. The highest BCUT2D eigenvalue weighted by atomic mass is 19.1. The summed E-state index contributed by atoms with van der Waals surface area (Å²) in [6, 6.07) is 6.25. The molecule has 2 aromatic rings. The highest BCUT2D eigenvalue weighted by Crippen LogP contribution is 2.26. The molecule has 0 bridgehead atoms. The van der Waals surface area contributed by atoms with E-state index in [4.69, 9.17) is 0 Å². The zero-order valence-corrected chi connectivity index (χ0v) is 13.4. The Morgan fingerprint density at radius 3 is 2.88 bits per heavy atom. The first kappa shape index (κ1) is 16.0. The molecule has 1 aliphatic heterocycles. The second-order valence-corrected chi connectivity index (χ2v) is 5.73. The third kappa shape index (κ3) is 2.82. The Morgan fingerprint density at radius 2 is 2.17 bits per heavy atom. The fourth-order valence-corrected chi connectivity index (χ4v) is 2.83. The van der Waals surface area contributed by atoms with Gasteiger partial charge in [-0.1, -0.05) is 12.1 Å². The normalized spacial score (nSPS) is 13.2. The second-order valence-electron chi connectivity index (χ2n) is 5.73. The van der Waals surface area contributed by atoms with Gasteiger partial charge in [0.05, 0.1) is 11.3 Å². The molecule has 1 amide bonds. The summed E-state index contributed by atoms with van der Waals surface area (Å²) < 4.78 is 15.7. The summed E-state index contributed by atoms with van der Waals surface area (Å²) >= 11 is 0. The molecule has 6 heteroatoms. The molecule has 0 spiro atoms. The van der Waals surface area contributed by atoms with Crippen molar-refractivity contribution in [3.05, 3.63) is 69.8 Å². The molecule has 3 rings (SSSR count). The highest BCUT2D eigenvalue weighted by molar-refractivity contribution is 6.01. The lowest BCUT2D eigenvalue weighted by Crippen LogP contribution is -2.36. The molecule has 0 saturated heterocycles. The predicted octanol–water partition coefficient (Wildman–Crippen LogP) is 2.28. The number of anilines is 2. The fourth-order valence-electron chi connectivity index (χ4n) is 2.83. The molecule has 5 nitrogen and oxygen atoms in total. The maximum atomic E-state index is 14.3. The number of rotatable bonds is 4. The molecule has 1 aliphatic rings. The van der Waals surface area contributed by atoms with Gasteiger partial charge in [0.1, 0.15) is 11.6 Å². The van der Waals surface area contributed by atoms with Gasteiger partial charge in [-0.15, -0.1) is 6.58 Å². The van der Waals surface area contributed by atoms with Crippen molar-refractivity contribution in [2.75, 3.05) is 11.9 Å². The third-order valence-corrected chi connectivity index (χ3v) is 4.10. The van der Waals surface area contributed by atoms with E-state index >= 15 is 0 Å². The number of nitrogens with zero attached hydrogens (tertiary/aromatic N) is 1. The lowest BCUT2D eigenvalue weighted by atomic mass is 10.0. The number of hydrogen-bond acceptors (Lipinski definition) is 3. The Kier molecular flexibility index (Phi) is 4.20. The number of benzene rings is 1. The first-order chi connectivity index (χ1) is 11.5. The second kappa shape index (κ2) is 6.31. The van der Waals surface area contributed by atoms with Crippen molar-refractivity contribution >= 4 is 17.4 Å². The molecule has 1 aromatic heterocycles. The van der Waals surface area contributed by atoms with E-state index < -0.39 is 5.82 Å². The molecule has 0 radical (unpaired) electrons. The van der Waals surface area contributed by atoms with Gasteiger partial charge in [0, 0.05) is 19.7 Å². The number of aromatic nitrogens is 1. The van der Waals surface area contributed by atoms with Gasteiger partial charge >= 0.3 is 0 Å². The lowest BCUT2D eigenvalue weighted by Gasteiger charge is -2.22. The third-order valence-electron chi connectivity index (χ3n) is 4.10. The predicted molar refractivity (Wildman–Crippen MR) is 91.3 cm³/mol. The number of pyridine rings is 1. The van der Waals surface area contributed by atoms with E-state index in [1.54, 1.807) is 25.3 Å². The maximum absolute atomic E-state index is 14.3. The van der Waals surface area contributed by atoms with E-state index in [1.807, 2.05) is 0 Å². The number of halogens is 1. The molecular formula is C18H18FN3O2. The topological polar surface area (TPSA) is 63.1 Å². The zero-order chi connectivity index (χ0) is 17.3. The standard InChI is InChI=1S/C18H18FN3O2/c1-3-4-11-5-6-14(13(19)9-11)21-17-16-12(7-8-20-18(16)24)10-15(23)22(17)2/h3,5-6,9-10,21H,1,4,7-8H2,2H3,(H,20,24). The van der Waals surface area contributed by atoms with E-state index in [-0.39, 0.29) is 17.2 Å². The van der Waals surface area contributed by atoms with Crippen LogP contribution in [-0.2, 0) is 19.9 Å². The van der Waals surface area contributed by atoms with Crippen molar-refractivity contribution in [2.24, 2.45) is 7.05 Å². The van der Waals surface area contributed by atoms with Gasteiger partial charge in [0.25, 0.3) is 11.5 Å². The molecule has 2 heterocycles. The smallest absolute Gasteiger partial charge is 0.255 e. The van der Waals surface area contributed by atoms with Crippen LogP contribution in [0.3, 0.4) is 0 Å². The van der Waals surface area contributed by atoms with Crippen molar-refractivity contribution in [2.45, 2.75) is 12.8 Å². The molecule has 124 valence electrons. The van der Waals surface area contributed by atoms with Crippen molar-refractivity contribution in [1.82, 2.24) is 9.88 Å². The number of allylic oxidation sites excluding steroid dienone is 1. The maximum Gasteiger partial charge on any atom is 0.255 e. The van der Waals surface area contributed by atoms with Crippen LogP contribution in [0.2, 0.25) is 0 Å². The number of nitrogens with one attached hydrogen (secondary N) is 2. The minimum atomic E-state index is -0.449. The van der Waals surface area contributed by atoms with Gasteiger partial charge in [-0.05, 0) is 36.1 Å². The molecule has 0 fully saturated rings. The molecule has 24 heavy (non-hydrogen) atoms. The van der Waals surface area contributed by atoms with Gasteiger partial charge < -0.3 is 10.6 Å². The van der Waals surface area contributed by atoms with Crippen LogP contribution >= 0.6 is 0 Å². The SMILES string of the molecule is C=CCc1ccc(Nc2c3c(cc(=O)n2C)CCNC3=O)c(F)c1. The Balaban J connectivity index is 2.07. The molecule has 2 N–H and O–H groups in total. The van der Waals surface area contributed by atoms with E-state index in [9.17, 15) is 14.0 Å². The lowest BCUT2D eigenvalue weighted by molar-refractivity contribution is 0.0946. The summed E-state index contributed by atoms with van der Waals surface area (Å²) in [5.41, 5.74) is 1.83. The number of carbonyl (C=O) groups excluding carboxylic acids is 1. The molecule has 1 aromatic carbocycles. The van der Waals surface area contributed by atoms with Crippen LogP contribution in [0.4, 0.5) is 15.9 Å². The van der Waals surface area contributed by atoms with Crippen molar-refractivity contribution in [3.8, 4) is 0 Å². The van der Waals surface area contributed by atoms with Gasteiger partial charge in [-0.3, -0.25) is 14.2 Å². The summed E-state index contributed by atoms with van der Waals surface area (Å²) in [4.78, 5) is 24.3. The molecule has 0 unspecified atom stereocenters. The molecule has 0 saturated carbocycles. The number of hydrogen-bond donors (Lipinski definition) is 2. The fraction of sp³-hybridized carbons (Fsp3) is 0.222. The Bertz CT molecular complexity index is 887. The van der Waals surface area contributed by atoms with E-state index in [1.165, 1.54) is 16.7 Å². The Hall–Kier alpha value is -2.89. The first-order valence-corrected chi connectivity index (χ1v) is 7.68. The van der Waals surface area contributed by atoms with Gasteiger partial charge in [-0.25, -0.2) is 4.39 Å².